The first-order valence-corrected chi connectivity index (χ1v) is 20.6. The Morgan fingerprint density at radius 3 is 1.78 bits per heavy atom. The Balaban J connectivity index is 0.920. The fourth-order valence-corrected chi connectivity index (χ4v) is 7.86. The van der Waals surface area contributed by atoms with E-state index >= 15 is 0 Å². The summed E-state index contributed by atoms with van der Waals surface area (Å²) < 4.78 is 26.7. The molecular formula is C46H39Cl2N7O9. The van der Waals surface area contributed by atoms with Gasteiger partial charge in [0.2, 0.25) is 11.9 Å². The molecule has 16 nitrogen and oxygen atoms in total. The second-order valence-corrected chi connectivity index (χ2v) is 15.5. The van der Waals surface area contributed by atoms with Gasteiger partial charge in [-0.15, -0.1) is 0 Å². The third kappa shape index (κ3) is 8.58. The average molecular weight is 905 g/mol. The zero-order valence-corrected chi connectivity index (χ0v) is 36.4. The molecule has 0 aliphatic carbocycles. The number of nitrogens with zero attached hydrogens (tertiary/aromatic N) is 5. The highest BCUT2D eigenvalue weighted by molar-refractivity contribution is 6.31. The minimum absolute atomic E-state index is 0.0138. The molecule has 0 aliphatic rings. The minimum atomic E-state index is -0.594. The van der Waals surface area contributed by atoms with Crippen LogP contribution in [0.1, 0.15) is 43.2 Å². The van der Waals surface area contributed by atoms with Crippen LogP contribution < -0.4 is 20.3 Å². The molecule has 1 amide bonds. The first-order valence-electron chi connectivity index (χ1n) is 19.8. The smallest absolute Gasteiger partial charge is 0.310 e. The Morgan fingerprint density at radius 2 is 1.25 bits per heavy atom. The molecular weight excluding hydrogens is 865 g/mol. The maximum absolute atomic E-state index is 13.7. The SMILES string of the molecule is COc1ccc2c(c1)c(CC(=O)Nc1nc3c(ncn3COCCOC(=O)Cc3c(C)n(C(=O)c4ccc(Cl)cc4)c4ccc(OC)cc34)c(=O)[nH]1)c(C)n2C(=O)c1ccc(Cl)cc1. The van der Waals surface area contributed by atoms with E-state index in [1.807, 2.05) is 0 Å². The summed E-state index contributed by atoms with van der Waals surface area (Å²) in [5.41, 5.74) is 3.88. The molecule has 18 heteroatoms. The van der Waals surface area contributed by atoms with Crippen molar-refractivity contribution in [3.8, 4) is 11.5 Å². The van der Waals surface area contributed by atoms with Crippen molar-refractivity contribution in [2.45, 2.75) is 33.4 Å². The molecule has 4 heterocycles. The van der Waals surface area contributed by atoms with E-state index in [0.717, 1.165) is 0 Å². The van der Waals surface area contributed by atoms with Crippen molar-refractivity contribution in [2.24, 2.45) is 0 Å². The molecule has 0 fully saturated rings. The standard InChI is InChI=1S/C46H39Cl2N7O9/c1-25-33(35-19-31(61-3)13-15-37(35)54(25)44(59)27-5-9-29(47)10-6-27)21-39(56)50-46-51-42-41(43(58)52-46)49-23-53(42)24-63-17-18-64-40(57)22-34-26(2)55(38-16-14-32(62-4)20-36(34)38)45(60)28-7-11-30(48)12-8-28/h5-16,19-20,23H,17-18,21-22,24H2,1-4H3,(H2,50,51,52,56,58). The number of aromatic nitrogens is 6. The van der Waals surface area contributed by atoms with Gasteiger partial charge in [-0.05, 0) is 110 Å². The number of hydrogen-bond acceptors (Lipinski definition) is 11. The fourth-order valence-electron chi connectivity index (χ4n) is 7.61. The number of benzene rings is 4. The molecule has 64 heavy (non-hydrogen) atoms. The van der Waals surface area contributed by atoms with Gasteiger partial charge in [0.15, 0.2) is 11.2 Å². The quantitative estimate of drug-likeness (QED) is 0.0823. The van der Waals surface area contributed by atoms with Crippen molar-refractivity contribution in [1.29, 1.82) is 0 Å². The summed E-state index contributed by atoms with van der Waals surface area (Å²) >= 11 is 12.1. The number of methoxy groups -OCH3 is 2. The molecule has 4 aromatic heterocycles. The van der Waals surface area contributed by atoms with Crippen LogP contribution in [-0.4, -0.2) is 79.8 Å². The maximum atomic E-state index is 13.7. The largest absolute Gasteiger partial charge is 0.497 e. The van der Waals surface area contributed by atoms with Crippen LogP contribution in [0, 0.1) is 13.8 Å². The van der Waals surface area contributed by atoms with E-state index in [-0.39, 0.29) is 61.7 Å². The molecule has 0 atom stereocenters. The van der Waals surface area contributed by atoms with E-state index in [1.165, 1.54) is 25.1 Å². The van der Waals surface area contributed by atoms with Crippen LogP contribution in [0.4, 0.5) is 5.95 Å². The summed E-state index contributed by atoms with van der Waals surface area (Å²) in [6, 6.07) is 23.6. The lowest BCUT2D eigenvalue weighted by Crippen LogP contribution is -2.21. The molecule has 0 saturated carbocycles. The number of anilines is 1. The van der Waals surface area contributed by atoms with E-state index < -0.39 is 17.4 Å². The number of aromatic amines is 1. The van der Waals surface area contributed by atoms with Gasteiger partial charge in [0.1, 0.15) is 24.8 Å². The van der Waals surface area contributed by atoms with Gasteiger partial charge in [0, 0.05) is 43.3 Å². The molecule has 0 spiro atoms. The lowest BCUT2D eigenvalue weighted by Gasteiger charge is -2.09. The Morgan fingerprint density at radius 1 is 0.719 bits per heavy atom. The fraction of sp³-hybridized carbons (Fsp3) is 0.196. The highest BCUT2D eigenvalue weighted by Gasteiger charge is 2.25. The zero-order valence-electron chi connectivity index (χ0n) is 34.9. The van der Waals surface area contributed by atoms with Crippen LogP contribution in [0.2, 0.25) is 10.0 Å². The van der Waals surface area contributed by atoms with Crippen LogP contribution in [0.5, 0.6) is 11.5 Å². The number of H-pyrrole nitrogens is 1. The highest BCUT2D eigenvalue weighted by Crippen LogP contribution is 2.33. The number of imidazole rings is 1. The molecule has 0 unspecified atom stereocenters. The lowest BCUT2D eigenvalue weighted by molar-refractivity contribution is -0.144. The molecule has 0 saturated heterocycles. The molecule has 326 valence electrons. The number of carbonyl (C=O) groups is 4. The number of fused-ring (bicyclic) bond motifs is 3. The monoisotopic (exact) mass is 903 g/mol. The van der Waals surface area contributed by atoms with Crippen LogP contribution >= 0.6 is 23.2 Å². The Hall–Kier alpha value is -7.27. The number of ether oxygens (including phenoxy) is 4. The molecule has 8 rings (SSSR count). The van der Waals surface area contributed by atoms with E-state index in [1.54, 1.807) is 108 Å². The Bertz CT molecular complexity index is 3190. The molecule has 2 N–H and O–H groups in total. The first kappa shape index (κ1) is 43.4. The van der Waals surface area contributed by atoms with Gasteiger partial charge in [-0.3, -0.25) is 48.0 Å². The van der Waals surface area contributed by atoms with Crippen molar-refractivity contribution in [3.63, 3.8) is 0 Å². The van der Waals surface area contributed by atoms with Crippen molar-refractivity contribution in [1.82, 2.24) is 28.7 Å². The first-order chi connectivity index (χ1) is 30.8. The van der Waals surface area contributed by atoms with Gasteiger partial charge in [-0.2, -0.15) is 4.98 Å². The number of rotatable bonds is 14. The second-order valence-electron chi connectivity index (χ2n) is 14.6. The van der Waals surface area contributed by atoms with Gasteiger partial charge >= 0.3 is 5.97 Å². The van der Waals surface area contributed by atoms with Gasteiger partial charge in [0.05, 0.1) is 51.0 Å². The topological polar surface area (TPSA) is 191 Å². The van der Waals surface area contributed by atoms with Gasteiger partial charge in [-0.1, -0.05) is 23.2 Å². The Kier molecular flexibility index (Phi) is 12.3. The summed E-state index contributed by atoms with van der Waals surface area (Å²) in [5, 5.41) is 4.97. The van der Waals surface area contributed by atoms with Gasteiger partial charge < -0.3 is 18.9 Å². The van der Waals surface area contributed by atoms with Crippen LogP contribution in [0.3, 0.4) is 0 Å². The van der Waals surface area contributed by atoms with Gasteiger partial charge in [-0.25, -0.2) is 4.98 Å². The number of halogens is 2. The maximum Gasteiger partial charge on any atom is 0.310 e. The summed E-state index contributed by atoms with van der Waals surface area (Å²) in [6.07, 6.45) is 1.07. The summed E-state index contributed by atoms with van der Waals surface area (Å²) in [5.74, 6) is -0.663. The molecule has 4 aromatic carbocycles. The third-order valence-electron chi connectivity index (χ3n) is 10.8. The number of esters is 1. The average Bonchev–Trinajstić information content (AvgIpc) is 3.91. The highest BCUT2D eigenvalue weighted by atomic mass is 35.5. The second kappa shape index (κ2) is 18.2. The number of carbonyl (C=O) groups excluding carboxylic acids is 4. The van der Waals surface area contributed by atoms with E-state index in [2.05, 4.69) is 20.3 Å². The van der Waals surface area contributed by atoms with E-state index in [4.69, 9.17) is 42.1 Å². The summed E-state index contributed by atoms with van der Waals surface area (Å²) in [4.78, 5) is 78.3. The molecule has 0 radical (unpaired) electrons. The van der Waals surface area contributed by atoms with Crippen molar-refractivity contribution in [3.05, 3.63) is 145 Å². The predicted molar refractivity (Wildman–Crippen MR) is 240 cm³/mol. The third-order valence-corrected chi connectivity index (χ3v) is 11.3. The van der Waals surface area contributed by atoms with Gasteiger partial charge in [0.25, 0.3) is 17.4 Å². The zero-order chi connectivity index (χ0) is 45.2. The van der Waals surface area contributed by atoms with Crippen molar-refractivity contribution >= 4 is 85.8 Å². The van der Waals surface area contributed by atoms with E-state index in [9.17, 15) is 24.0 Å². The molecule has 8 aromatic rings. The summed E-state index contributed by atoms with van der Waals surface area (Å²) in [6.45, 7) is 3.29. The minimum Gasteiger partial charge on any atom is -0.497 e. The summed E-state index contributed by atoms with van der Waals surface area (Å²) in [7, 11) is 3.06. The molecule has 0 bridgehead atoms. The van der Waals surface area contributed by atoms with Crippen LogP contribution in [0.25, 0.3) is 33.0 Å². The number of hydrogen-bond donors (Lipinski definition) is 2. The predicted octanol–water partition coefficient (Wildman–Crippen LogP) is 7.29. The number of nitrogens with one attached hydrogen (secondary N) is 2. The van der Waals surface area contributed by atoms with Crippen LogP contribution in [0.15, 0.2) is 96.1 Å². The van der Waals surface area contributed by atoms with Crippen molar-refractivity contribution in [2.75, 3.05) is 32.8 Å². The normalized spacial score (nSPS) is 11.3. The molecule has 0 aliphatic heterocycles. The Labute approximate surface area is 374 Å². The van der Waals surface area contributed by atoms with Crippen molar-refractivity contribution < 1.29 is 38.1 Å². The van der Waals surface area contributed by atoms with Crippen LogP contribution in [-0.2, 0) is 38.6 Å². The number of amides is 1. The lowest BCUT2D eigenvalue weighted by atomic mass is 10.1. The van der Waals surface area contributed by atoms with E-state index in [0.29, 0.717) is 77.0 Å².